The van der Waals surface area contributed by atoms with E-state index >= 15 is 0 Å². The monoisotopic (exact) mass is 395 g/mol. The van der Waals surface area contributed by atoms with E-state index in [0.717, 1.165) is 6.42 Å². The number of hydrogen-bond acceptors (Lipinski definition) is 3. The van der Waals surface area contributed by atoms with Gasteiger partial charge in [0.05, 0.1) is 11.6 Å². The highest BCUT2D eigenvalue weighted by atomic mass is 19.1. The average Bonchev–Trinajstić information content (AvgIpc) is 3.13. The molecule has 0 bridgehead atoms. The first kappa shape index (κ1) is 19.4. The zero-order chi connectivity index (χ0) is 20.2. The minimum atomic E-state index is -0.265. The Labute approximate surface area is 170 Å². The summed E-state index contributed by atoms with van der Waals surface area (Å²) in [7, 11) is 0. The molecule has 0 spiro atoms. The molecule has 2 aromatic carbocycles. The zero-order valence-electron chi connectivity index (χ0n) is 16.5. The Hall–Kier alpha value is -2.89. The number of amides is 2. The highest BCUT2D eigenvalue weighted by Gasteiger charge is 2.37. The quantitative estimate of drug-likeness (QED) is 0.782. The Morgan fingerprint density at radius 1 is 0.966 bits per heavy atom. The van der Waals surface area contributed by atoms with Crippen LogP contribution in [-0.4, -0.2) is 60.9 Å². The van der Waals surface area contributed by atoms with Crippen molar-refractivity contribution in [2.24, 2.45) is 5.92 Å². The highest BCUT2D eigenvalue weighted by Crippen LogP contribution is 2.24. The molecule has 6 heteroatoms. The van der Waals surface area contributed by atoms with Crippen LogP contribution in [0.3, 0.4) is 0 Å². The fourth-order valence-electron chi connectivity index (χ4n) is 4.20. The first-order chi connectivity index (χ1) is 14.1. The molecule has 0 saturated carbocycles. The second-order valence-electron chi connectivity index (χ2n) is 7.74. The maximum Gasteiger partial charge on any atom is 0.228 e. The molecular formula is C23H26FN3O2. The lowest BCUT2D eigenvalue weighted by atomic mass is 10.1. The second-order valence-corrected chi connectivity index (χ2v) is 7.74. The number of piperazine rings is 1. The van der Waals surface area contributed by atoms with E-state index < -0.39 is 0 Å². The first-order valence-corrected chi connectivity index (χ1v) is 10.2. The first-order valence-electron chi connectivity index (χ1n) is 10.2. The molecule has 1 unspecified atom stereocenters. The van der Waals surface area contributed by atoms with E-state index in [2.05, 4.69) is 12.1 Å². The van der Waals surface area contributed by atoms with Crippen LogP contribution in [0.1, 0.15) is 12.0 Å². The van der Waals surface area contributed by atoms with Crippen LogP contribution < -0.4 is 4.90 Å². The van der Waals surface area contributed by atoms with Gasteiger partial charge < -0.3 is 14.7 Å². The van der Waals surface area contributed by atoms with Crippen molar-refractivity contribution in [2.75, 3.05) is 44.2 Å². The van der Waals surface area contributed by atoms with Gasteiger partial charge >= 0.3 is 0 Å². The molecule has 29 heavy (non-hydrogen) atoms. The molecule has 2 heterocycles. The summed E-state index contributed by atoms with van der Waals surface area (Å²) in [6.45, 7) is 3.46. The third-order valence-corrected chi connectivity index (χ3v) is 5.86. The summed E-state index contributed by atoms with van der Waals surface area (Å²) in [5.41, 5.74) is 1.78. The minimum absolute atomic E-state index is 0.0498. The average molecular weight is 395 g/mol. The van der Waals surface area contributed by atoms with Crippen LogP contribution in [0.25, 0.3) is 0 Å². The van der Waals surface area contributed by atoms with Crippen LogP contribution in [0.15, 0.2) is 54.6 Å². The maximum atomic E-state index is 14.0. The summed E-state index contributed by atoms with van der Waals surface area (Å²) in [6.07, 6.45) is 1.09. The number of rotatable bonds is 5. The van der Waals surface area contributed by atoms with Crippen molar-refractivity contribution in [2.45, 2.75) is 12.8 Å². The van der Waals surface area contributed by atoms with E-state index in [9.17, 15) is 14.0 Å². The van der Waals surface area contributed by atoms with Gasteiger partial charge in [-0.2, -0.15) is 0 Å². The van der Waals surface area contributed by atoms with Gasteiger partial charge in [0.25, 0.3) is 0 Å². The number of anilines is 1. The van der Waals surface area contributed by atoms with Crippen LogP contribution in [-0.2, 0) is 16.0 Å². The molecule has 0 radical (unpaired) electrons. The predicted octanol–water partition coefficient (Wildman–Crippen LogP) is 2.57. The molecule has 0 N–H and O–H groups in total. The van der Waals surface area contributed by atoms with E-state index in [-0.39, 0.29) is 23.5 Å². The fourth-order valence-corrected chi connectivity index (χ4v) is 4.20. The molecule has 152 valence electrons. The molecule has 0 aliphatic carbocycles. The number of halogens is 1. The third kappa shape index (κ3) is 4.42. The van der Waals surface area contributed by atoms with E-state index in [1.807, 2.05) is 39.0 Å². The largest absolute Gasteiger partial charge is 0.366 e. The SMILES string of the molecule is O=C1CC(C(=O)N2CCN(c3ccccc3F)CC2)CN1CCc1ccccc1. The van der Waals surface area contributed by atoms with Gasteiger partial charge in [0.1, 0.15) is 5.82 Å². The molecule has 2 aliphatic heterocycles. The molecule has 5 nitrogen and oxygen atoms in total. The Bertz CT molecular complexity index is 865. The maximum absolute atomic E-state index is 14.0. The Morgan fingerprint density at radius 3 is 2.38 bits per heavy atom. The summed E-state index contributed by atoms with van der Waals surface area (Å²) >= 11 is 0. The summed E-state index contributed by atoms with van der Waals surface area (Å²) in [5.74, 6) is -0.390. The highest BCUT2D eigenvalue weighted by molar-refractivity contribution is 5.89. The number of hydrogen-bond donors (Lipinski definition) is 0. The van der Waals surface area contributed by atoms with E-state index in [1.165, 1.54) is 11.6 Å². The molecule has 2 amide bonds. The van der Waals surface area contributed by atoms with Crippen LogP contribution >= 0.6 is 0 Å². The van der Waals surface area contributed by atoms with Gasteiger partial charge in [0, 0.05) is 45.7 Å². The molecule has 2 fully saturated rings. The summed E-state index contributed by atoms with van der Waals surface area (Å²) < 4.78 is 14.0. The molecular weight excluding hydrogens is 369 g/mol. The smallest absolute Gasteiger partial charge is 0.228 e. The van der Waals surface area contributed by atoms with Gasteiger partial charge in [-0.3, -0.25) is 9.59 Å². The normalized spacial score (nSPS) is 19.7. The second kappa shape index (κ2) is 8.64. The molecule has 4 rings (SSSR count). The van der Waals surface area contributed by atoms with Gasteiger partial charge in [-0.1, -0.05) is 42.5 Å². The fraction of sp³-hybridized carbons (Fsp3) is 0.391. The van der Waals surface area contributed by atoms with Gasteiger partial charge in [-0.15, -0.1) is 0 Å². The molecule has 1 atom stereocenters. The zero-order valence-corrected chi connectivity index (χ0v) is 16.5. The Balaban J connectivity index is 1.29. The van der Waals surface area contributed by atoms with Crippen molar-refractivity contribution in [3.8, 4) is 0 Å². The lowest BCUT2D eigenvalue weighted by molar-refractivity contribution is -0.136. The number of benzene rings is 2. The Morgan fingerprint density at radius 2 is 1.66 bits per heavy atom. The number of nitrogens with zero attached hydrogens (tertiary/aromatic N) is 3. The number of carbonyl (C=O) groups is 2. The third-order valence-electron chi connectivity index (χ3n) is 5.86. The molecule has 2 aromatic rings. The van der Waals surface area contributed by atoms with Crippen LogP contribution in [0, 0.1) is 11.7 Å². The summed E-state index contributed by atoms with van der Waals surface area (Å²) in [6, 6.07) is 16.8. The van der Waals surface area contributed by atoms with Crippen molar-refractivity contribution in [3.63, 3.8) is 0 Å². The lowest BCUT2D eigenvalue weighted by Crippen LogP contribution is -2.51. The predicted molar refractivity (Wildman–Crippen MR) is 110 cm³/mol. The Kier molecular flexibility index (Phi) is 5.79. The van der Waals surface area contributed by atoms with Gasteiger partial charge in [0.2, 0.25) is 11.8 Å². The van der Waals surface area contributed by atoms with Crippen molar-refractivity contribution < 1.29 is 14.0 Å². The van der Waals surface area contributed by atoms with Crippen LogP contribution in [0.4, 0.5) is 10.1 Å². The van der Waals surface area contributed by atoms with Crippen molar-refractivity contribution in [1.29, 1.82) is 0 Å². The topological polar surface area (TPSA) is 43.9 Å². The van der Waals surface area contributed by atoms with Crippen molar-refractivity contribution >= 4 is 17.5 Å². The van der Waals surface area contributed by atoms with E-state index in [0.29, 0.717) is 51.4 Å². The standard InChI is InChI=1S/C23H26FN3O2/c24-20-8-4-5-9-21(20)25-12-14-26(15-13-25)23(29)19-16-22(28)27(17-19)11-10-18-6-2-1-3-7-18/h1-9,19H,10-17H2. The van der Waals surface area contributed by atoms with E-state index in [4.69, 9.17) is 0 Å². The van der Waals surface area contributed by atoms with Gasteiger partial charge in [-0.25, -0.2) is 4.39 Å². The molecule has 0 aromatic heterocycles. The number of likely N-dealkylation sites (tertiary alicyclic amines) is 1. The molecule has 2 aliphatic rings. The lowest BCUT2D eigenvalue weighted by Gasteiger charge is -2.37. The van der Waals surface area contributed by atoms with Crippen molar-refractivity contribution in [3.05, 3.63) is 66.0 Å². The van der Waals surface area contributed by atoms with Gasteiger partial charge in [-0.05, 0) is 24.1 Å². The van der Waals surface area contributed by atoms with Crippen molar-refractivity contribution in [1.82, 2.24) is 9.80 Å². The number of carbonyl (C=O) groups excluding carboxylic acids is 2. The number of para-hydroxylation sites is 1. The molecule has 2 saturated heterocycles. The summed E-state index contributed by atoms with van der Waals surface area (Å²) in [4.78, 5) is 30.9. The van der Waals surface area contributed by atoms with Gasteiger partial charge in [0.15, 0.2) is 0 Å². The minimum Gasteiger partial charge on any atom is -0.366 e. The summed E-state index contributed by atoms with van der Waals surface area (Å²) in [5, 5.41) is 0. The van der Waals surface area contributed by atoms with E-state index in [1.54, 1.807) is 12.1 Å². The van der Waals surface area contributed by atoms with Crippen LogP contribution in [0.2, 0.25) is 0 Å². The van der Waals surface area contributed by atoms with Crippen LogP contribution in [0.5, 0.6) is 0 Å².